The predicted octanol–water partition coefficient (Wildman–Crippen LogP) is 4.00. The van der Waals surface area contributed by atoms with Crippen molar-refractivity contribution in [2.75, 3.05) is 26.4 Å². The smallest absolute Gasteiger partial charge is 0.227 e. The first kappa shape index (κ1) is 22.0. The van der Waals surface area contributed by atoms with Crippen LogP contribution in [-0.4, -0.2) is 42.3 Å². The minimum absolute atomic E-state index is 0.0100. The van der Waals surface area contributed by atoms with Crippen molar-refractivity contribution in [2.45, 2.75) is 33.2 Å². The van der Waals surface area contributed by atoms with Gasteiger partial charge in [0.05, 0.1) is 25.3 Å². The maximum Gasteiger partial charge on any atom is 0.227 e. The molecule has 32 heavy (non-hydrogen) atoms. The molecule has 6 nitrogen and oxygen atoms in total. The average Bonchev–Trinajstić information content (AvgIpc) is 3.08. The maximum atomic E-state index is 13.9. The highest BCUT2D eigenvalue weighted by Gasteiger charge is 2.20. The zero-order valence-corrected chi connectivity index (χ0v) is 18.4. The van der Waals surface area contributed by atoms with Crippen LogP contribution in [0.1, 0.15) is 33.7 Å². The Morgan fingerprint density at radius 3 is 2.75 bits per heavy atom. The average molecular weight is 438 g/mol. The Bertz CT molecular complexity index is 1080. The first-order valence-electron chi connectivity index (χ1n) is 10.8. The quantitative estimate of drug-likeness (QED) is 0.605. The van der Waals surface area contributed by atoms with Gasteiger partial charge in [0, 0.05) is 30.6 Å². The van der Waals surface area contributed by atoms with Crippen LogP contribution in [0.15, 0.2) is 47.0 Å². The van der Waals surface area contributed by atoms with E-state index < -0.39 is 0 Å². The van der Waals surface area contributed by atoms with E-state index in [-0.39, 0.29) is 18.1 Å². The lowest BCUT2D eigenvalue weighted by Crippen LogP contribution is -2.35. The zero-order chi connectivity index (χ0) is 22.5. The van der Waals surface area contributed by atoms with Crippen molar-refractivity contribution in [3.63, 3.8) is 0 Å². The van der Waals surface area contributed by atoms with E-state index in [1.54, 1.807) is 11.0 Å². The molecule has 0 atom stereocenters. The second-order valence-electron chi connectivity index (χ2n) is 8.00. The lowest BCUT2D eigenvalue weighted by atomic mass is 10.0. The van der Waals surface area contributed by atoms with Gasteiger partial charge in [-0.25, -0.2) is 4.39 Å². The summed E-state index contributed by atoms with van der Waals surface area (Å²) in [6, 6.07) is 12.6. The van der Waals surface area contributed by atoms with Crippen molar-refractivity contribution < 1.29 is 23.2 Å². The van der Waals surface area contributed by atoms with Crippen LogP contribution in [0.2, 0.25) is 0 Å². The maximum absolute atomic E-state index is 13.9. The number of benzene rings is 2. The number of hydrogen-bond donors (Lipinski definition) is 0. The summed E-state index contributed by atoms with van der Waals surface area (Å²) in [6.45, 7) is 5.72. The van der Waals surface area contributed by atoms with Gasteiger partial charge in [0.1, 0.15) is 23.9 Å². The summed E-state index contributed by atoms with van der Waals surface area (Å²) in [5.41, 5.74) is 4.39. The SMILES string of the molecule is Cc1noc(C)c1CC(=O)N1CCOCCOc2ccc(F)cc2Cc2cccc(c2)C1. The number of fused-ring (bicyclic) bond motifs is 3. The molecule has 0 N–H and O–H groups in total. The van der Waals surface area contributed by atoms with Crippen LogP contribution < -0.4 is 4.74 Å². The van der Waals surface area contributed by atoms with Gasteiger partial charge in [0.15, 0.2) is 0 Å². The zero-order valence-electron chi connectivity index (χ0n) is 18.4. The fourth-order valence-electron chi connectivity index (χ4n) is 3.90. The molecule has 1 amide bonds. The van der Waals surface area contributed by atoms with E-state index in [0.29, 0.717) is 50.8 Å². The number of hydrogen-bond acceptors (Lipinski definition) is 5. The molecule has 7 heteroatoms. The largest absolute Gasteiger partial charge is 0.491 e. The Morgan fingerprint density at radius 2 is 1.94 bits per heavy atom. The van der Waals surface area contributed by atoms with Gasteiger partial charge in [-0.15, -0.1) is 0 Å². The molecule has 1 aliphatic heterocycles. The second-order valence-corrected chi connectivity index (χ2v) is 8.00. The van der Waals surface area contributed by atoms with Crippen molar-refractivity contribution in [3.8, 4) is 5.75 Å². The summed E-state index contributed by atoms with van der Waals surface area (Å²) in [5.74, 6) is 1.02. The second kappa shape index (κ2) is 9.96. The molecule has 0 radical (unpaired) electrons. The van der Waals surface area contributed by atoms with Crippen LogP contribution in [0.4, 0.5) is 4.39 Å². The molecule has 0 saturated carbocycles. The Kier molecular flexibility index (Phi) is 6.85. The van der Waals surface area contributed by atoms with Gasteiger partial charge >= 0.3 is 0 Å². The molecule has 1 aliphatic rings. The molecule has 3 aromatic rings. The Labute approximate surface area is 186 Å². The standard InChI is InChI=1S/C25H27FN2O4/c1-17-23(18(2)32-27-17)15-25(29)28-8-9-30-10-11-31-24-7-6-22(26)14-21(24)13-19-4-3-5-20(12-19)16-28/h3-7,12,14H,8-11,13,15-16H2,1-2H3. The Hall–Kier alpha value is -3.19. The molecule has 2 bridgehead atoms. The van der Waals surface area contributed by atoms with Crippen LogP contribution >= 0.6 is 0 Å². The molecular formula is C25H27FN2O4. The first-order valence-corrected chi connectivity index (χ1v) is 10.8. The minimum Gasteiger partial charge on any atom is -0.491 e. The van der Waals surface area contributed by atoms with E-state index in [4.69, 9.17) is 14.0 Å². The normalized spacial score (nSPS) is 14.9. The van der Waals surface area contributed by atoms with Crippen LogP contribution in [-0.2, 0) is 28.9 Å². The van der Waals surface area contributed by atoms with Crippen LogP contribution in [0.25, 0.3) is 0 Å². The van der Waals surface area contributed by atoms with E-state index in [0.717, 1.165) is 27.9 Å². The fourth-order valence-corrected chi connectivity index (χ4v) is 3.90. The summed E-state index contributed by atoms with van der Waals surface area (Å²) in [5, 5.41) is 3.95. The molecule has 2 aromatic carbocycles. The monoisotopic (exact) mass is 438 g/mol. The third kappa shape index (κ3) is 5.34. The van der Waals surface area contributed by atoms with Crippen molar-refractivity contribution >= 4 is 5.91 Å². The number of amides is 1. The Morgan fingerprint density at radius 1 is 1.09 bits per heavy atom. The fraction of sp³-hybridized carbons (Fsp3) is 0.360. The summed E-state index contributed by atoms with van der Waals surface area (Å²) < 4.78 is 30.6. The first-order chi connectivity index (χ1) is 15.5. The number of aryl methyl sites for hydroxylation is 2. The number of halogens is 1. The number of carbonyl (C=O) groups is 1. The minimum atomic E-state index is -0.294. The summed E-state index contributed by atoms with van der Waals surface area (Å²) in [4.78, 5) is 14.9. The highest BCUT2D eigenvalue weighted by Crippen LogP contribution is 2.24. The van der Waals surface area contributed by atoms with Gasteiger partial charge in [0.25, 0.3) is 0 Å². The molecular weight excluding hydrogens is 411 g/mol. The van der Waals surface area contributed by atoms with Crippen molar-refractivity contribution in [2.24, 2.45) is 0 Å². The third-order valence-corrected chi connectivity index (χ3v) is 5.63. The third-order valence-electron chi connectivity index (χ3n) is 5.63. The van der Waals surface area contributed by atoms with Crippen LogP contribution in [0.3, 0.4) is 0 Å². The molecule has 0 saturated heterocycles. The van der Waals surface area contributed by atoms with Crippen LogP contribution in [0, 0.1) is 19.7 Å². The Balaban J connectivity index is 1.58. The molecule has 0 unspecified atom stereocenters. The molecule has 4 rings (SSSR count). The predicted molar refractivity (Wildman–Crippen MR) is 117 cm³/mol. The van der Waals surface area contributed by atoms with Gasteiger partial charge in [-0.05, 0) is 43.2 Å². The summed E-state index contributed by atoms with van der Waals surface area (Å²) >= 11 is 0. The number of nitrogens with zero attached hydrogens (tertiary/aromatic N) is 2. The number of rotatable bonds is 2. The van der Waals surface area contributed by atoms with Gasteiger partial charge in [-0.3, -0.25) is 4.79 Å². The van der Waals surface area contributed by atoms with E-state index in [2.05, 4.69) is 11.2 Å². The van der Waals surface area contributed by atoms with E-state index in [1.807, 2.05) is 32.0 Å². The molecule has 0 fully saturated rings. The van der Waals surface area contributed by atoms with Crippen LogP contribution in [0.5, 0.6) is 5.75 Å². The van der Waals surface area contributed by atoms with Crippen molar-refractivity contribution in [1.29, 1.82) is 0 Å². The highest BCUT2D eigenvalue weighted by atomic mass is 19.1. The number of aromatic nitrogens is 1. The molecule has 0 spiro atoms. The summed E-state index contributed by atoms with van der Waals surface area (Å²) in [7, 11) is 0. The van der Waals surface area contributed by atoms with Gasteiger partial charge in [0.2, 0.25) is 5.91 Å². The topological polar surface area (TPSA) is 64.8 Å². The molecule has 168 valence electrons. The lowest BCUT2D eigenvalue weighted by molar-refractivity contribution is -0.132. The van der Waals surface area contributed by atoms with Crippen molar-refractivity contribution in [1.82, 2.24) is 10.1 Å². The van der Waals surface area contributed by atoms with Gasteiger partial charge in [-0.1, -0.05) is 29.4 Å². The molecule has 2 heterocycles. The number of ether oxygens (including phenoxy) is 2. The number of carbonyl (C=O) groups excluding carboxylic acids is 1. The summed E-state index contributed by atoms with van der Waals surface area (Å²) in [6.07, 6.45) is 0.769. The highest BCUT2D eigenvalue weighted by molar-refractivity contribution is 5.79. The van der Waals surface area contributed by atoms with E-state index in [1.165, 1.54) is 12.1 Å². The van der Waals surface area contributed by atoms with E-state index in [9.17, 15) is 9.18 Å². The van der Waals surface area contributed by atoms with Gasteiger partial charge in [-0.2, -0.15) is 0 Å². The lowest BCUT2D eigenvalue weighted by Gasteiger charge is -2.24. The van der Waals surface area contributed by atoms with Crippen molar-refractivity contribution in [3.05, 3.63) is 82.0 Å². The van der Waals surface area contributed by atoms with E-state index >= 15 is 0 Å². The molecule has 1 aromatic heterocycles. The van der Waals surface area contributed by atoms with Gasteiger partial charge < -0.3 is 18.9 Å². The molecule has 0 aliphatic carbocycles.